The Morgan fingerprint density at radius 1 is 0.110 bits per heavy atom. The normalized spacial score (nSPS) is 65.6. The van der Waals surface area contributed by atoms with Crippen molar-refractivity contribution in [1.29, 1.82) is 0 Å². The molecule has 0 heteroatoms. The first-order valence-corrected chi connectivity index (χ1v) is 53.3. The second-order valence-corrected chi connectivity index (χ2v) is 52.5. The van der Waals surface area contributed by atoms with Crippen molar-refractivity contribution >= 4 is 0 Å². The van der Waals surface area contributed by atoms with Crippen LogP contribution in [0.3, 0.4) is 0 Å². The summed E-state index contributed by atoms with van der Waals surface area (Å²) in [6.07, 6.45) is 72.0. The van der Waals surface area contributed by atoms with E-state index in [1.165, 1.54) is 237 Å². The fraction of sp³-hybridized carbons (Fsp3) is 1.00. The first-order chi connectivity index (χ1) is 53.3. The average Bonchev–Trinajstić information content (AvgIpc) is 1.49. The molecule has 32 aliphatic carbocycles. The van der Waals surface area contributed by atoms with Crippen molar-refractivity contribution in [2.75, 3.05) is 0 Å². The minimum absolute atomic E-state index is 1.08. The maximum absolute atomic E-state index is 2.57. The molecule has 32 rings (SSSR count). The van der Waals surface area contributed by atoms with Gasteiger partial charge in [0.1, 0.15) is 0 Å². The highest BCUT2D eigenvalue weighted by atomic mass is 14.8. The van der Waals surface area contributed by atoms with E-state index in [1.54, 1.807) is 283 Å². The zero-order chi connectivity index (χ0) is 72.2. The molecule has 606 valence electrons. The Morgan fingerprint density at radius 3 is 0.862 bits per heavy atom. The van der Waals surface area contributed by atoms with Crippen LogP contribution in [0.5, 0.6) is 0 Å². The van der Waals surface area contributed by atoms with Gasteiger partial charge in [-0.3, -0.25) is 0 Å². The lowest BCUT2D eigenvalue weighted by Crippen LogP contribution is -2.44. The van der Waals surface area contributed by atoms with E-state index in [1.807, 2.05) is 0 Å². The van der Waals surface area contributed by atoms with Crippen LogP contribution in [0.1, 0.15) is 344 Å². The van der Waals surface area contributed by atoms with Crippen LogP contribution in [0, 0.1) is 331 Å². The zero-order valence-corrected chi connectivity index (χ0v) is 72.2. The van der Waals surface area contributed by atoms with Gasteiger partial charge < -0.3 is 0 Å². The summed E-state index contributed by atoms with van der Waals surface area (Å²) in [6.45, 7) is 20.1. The zero-order valence-electron chi connectivity index (χ0n) is 72.2. The SMILES string of the molecule is CC1CC2CC1C1C3CC(C4C5CCC(C5)C34)C21.CC1CC2CC1C1C3CC(C4CCC43)C21.CC1CC2CC1C1C3CC(C4CCCC43)C21.CC1CC2CC1C1C3CCC(C3)C21.CC1CC2CC1C1CC3CCCCC3CC21.CC1CC2CC1C1CCCC21.CC1CC2CC1C1CCCCC21.CC1CC2CCC1C2. The second-order valence-electron chi connectivity index (χ2n) is 52.5. The van der Waals surface area contributed by atoms with Gasteiger partial charge >= 0.3 is 0 Å². The van der Waals surface area contributed by atoms with Gasteiger partial charge in [0.2, 0.25) is 0 Å². The highest BCUT2D eigenvalue weighted by Crippen LogP contribution is 2.80. The topological polar surface area (TPSA) is 0 Å². The summed E-state index contributed by atoms with van der Waals surface area (Å²) in [4.78, 5) is 0. The van der Waals surface area contributed by atoms with E-state index in [0.29, 0.717) is 0 Å². The molecule has 0 aromatic heterocycles. The lowest BCUT2D eigenvalue weighted by molar-refractivity contribution is -0.0142. The van der Waals surface area contributed by atoms with Crippen molar-refractivity contribution in [1.82, 2.24) is 0 Å². The van der Waals surface area contributed by atoms with E-state index in [0.717, 1.165) is 101 Å². The third-order valence-electron chi connectivity index (χ3n) is 50.1. The number of rotatable bonds is 0. The lowest BCUT2D eigenvalue weighted by Gasteiger charge is -2.50. The Balaban J connectivity index is 0.0000000720. The summed E-state index contributed by atoms with van der Waals surface area (Å²) in [5.74, 6) is 66.0. The third kappa shape index (κ3) is 10.9. The summed E-state index contributed by atoms with van der Waals surface area (Å²) in [5.41, 5.74) is 0. The Morgan fingerprint density at radius 2 is 0.404 bits per heavy atom. The van der Waals surface area contributed by atoms with Gasteiger partial charge in [0.15, 0.2) is 0 Å². The van der Waals surface area contributed by atoms with Crippen LogP contribution >= 0.6 is 0 Å². The largest absolute Gasteiger partial charge is 0.0622 e. The van der Waals surface area contributed by atoms with E-state index < -0.39 is 0 Å². The van der Waals surface area contributed by atoms with E-state index in [9.17, 15) is 0 Å². The molecule has 0 nitrogen and oxygen atoms in total. The minimum atomic E-state index is 1.08. The second kappa shape index (κ2) is 27.3. The molecule has 0 N–H and O–H groups in total. The molecule has 32 aliphatic rings. The molecule has 32 fully saturated rings. The van der Waals surface area contributed by atoms with E-state index in [-0.39, 0.29) is 0 Å². The molecule has 56 atom stereocenters. The highest BCUT2D eigenvalue weighted by molar-refractivity contribution is 5.22. The van der Waals surface area contributed by atoms with Gasteiger partial charge in [-0.05, 0) is 563 Å². The van der Waals surface area contributed by atoms with E-state index in [2.05, 4.69) is 55.4 Å². The third-order valence-corrected chi connectivity index (χ3v) is 50.1. The summed E-state index contributed by atoms with van der Waals surface area (Å²) in [5, 5.41) is 0. The molecule has 0 heterocycles. The van der Waals surface area contributed by atoms with E-state index in [4.69, 9.17) is 0 Å². The minimum Gasteiger partial charge on any atom is -0.0622 e. The molecule has 56 unspecified atom stereocenters. The maximum atomic E-state index is 2.57. The van der Waals surface area contributed by atoms with Crippen molar-refractivity contribution in [3.8, 4) is 0 Å². The van der Waals surface area contributed by atoms with Crippen molar-refractivity contribution in [2.24, 2.45) is 331 Å². The van der Waals surface area contributed by atoms with Crippen LogP contribution in [0.4, 0.5) is 0 Å². The highest BCUT2D eigenvalue weighted by Gasteiger charge is 2.73. The van der Waals surface area contributed by atoms with E-state index >= 15 is 0 Å². The van der Waals surface area contributed by atoms with Gasteiger partial charge in [0.25, 0.3) is 0 Å². The fourth-order valence-corrected chi connectivity index (χ4v) is 47.7. The molecule has 109 heavy (non-hydrogen) atoms. The maximum Gasteiger partial charge on any atom is -0.0318 e. The molecular formula is C109H170. The molecule has 26 bridgehead atoms. The summed E-state index contributed by atoms with van der Waals surface area (Å²) in [7, 11) is 0. The lowest BCUT2D eigenvalue weighted by atomic mass is 9.55. The molecule has 0 aromatic rings. The first kappa shape index (κ1) is 71.9. The molecule has 0 aliphatic heterocycles. The van der Waals surface area contributed by atoms with Gasteiger partial charge in [-0.2, -0.15) is 0 Å². The number of fused-ring (bicyclic) bond motifs is 67. The average molecular weight is 1480 g/mol. The van der Waals surface area contributed by atoms with Crippen molar-refractivity contribution < 1.29 is 0 Å². The molecule has 0 aromatic carbocycles. The van der Waals surface area contributed by atoms with Crippen molar-refractivity contribution in [3.63, 3.8) is 0 Å². The fourth-order valence-electron chi connectivity index (χ4n) is 47.7. The molecule has 0 spiro atoms. The van der Waals surface area contributed by atoms with Crippen molar-refractivity contribution in [3.05, 3.63) is 0 Å². The van der Waals surface area contributed by atoms with Gasteiger partial charge in [0, 0.05) is 0 Å². The molecule has 32 saturated carbocycles. The molecule has 0 radical (unpaired) electrons. The standard InChI is InChI=1S/C18H26.C16H24.C16H26.C15H22.C13H20.C12H20.C11H18.C8H14/c1-8-4-11-6-12(8)18-14-7-13(17(11)18)15-9-2-3-10(5-9)16(14)15;1-8-5-9-6-12(8)16-14-7-13(15(9)16)10-3-2-4-11(10)14;1-10-6-13-9-14(10)16-8-12-5-3-2-4-11(12)7-15(13)16;1-7-4-8-5-11(7)15-13-6-12(14(8)15)9-2-3-10(9)13;1-7-4-10-6-11(7)13-9-3-2-8(5-9)12(10)13;1-8-6-9-7-12(8)11-5-3-2-4-10(9)11;1-7-5-8-6-11(7)10-4-2-3-9(8)10;1-6-4-7-2-3-8(6)5-7/h8-18H,2-7H2,1H3;8-16H,2-7H2,1H3;10-16H,2-9H2,1H3;7-15H,2-6H2,1H3;7-13H,2-6H2,1H3;8-12H,2-7H2,1H3;7-11H,2-6H2,1H3;6-8H,2-5H2,1H3. The van der Waals surface area contributed by atoms with Gasteiger partial charge in [-0.25, -0.2) is 0 Å². The van der Waals surface area contributed by atoms with Crippen LogP contribution in [0.25, 0.3) is 0 Å². The van der Waals surface area contributed by atoms with Gasteiger partial charge in [-0.15, -0.1) is 0 Å². The Bertz CT molecular complexity index is 3290. The summed E-state index contributed by atoms with van der Waals surface area (Å²) in [6, 6.07) is 0. The Hall–Kier alpha value is 0. The molecule has 0 saturated heterocycles. The van der Waals surface area contributed by atoms with Crippen LogP contribution in [0.15, 0.2) is 0 Å². The predicted octanol–water partition coefficient (Wildman–Crippen LogP) is 28.5. The number of hydrogen-bond acceptors (Lipinski definition) is 0. The number of hydrogen-bond donors (Lipinski definition) is 0. The van der Waals surface area contributed by atoms with Crippen LogP contribution < -0.4 is 0 Å². The van der Waals surface area contributed by atoms with Crippen LogP contribution in [0.2, 0.25) is 0 Å². The van der Waals surface area contributed by atoms with Crippen molar-refractivity contribution in [2.45, 2.75) is 344 Å². The Labute approximate surface area is 671 Å². The predicted molar refractivity (Wildman–Crippen MR) is 449 cm³/mol. The molecular weight excluding hydrogens is 1310 g/mol. The quantitative estimate of drug-likeness (QED) is 0.212. The smallest absolute Gasteiger partial charge is 0.0318 e. The van der Waals surface area contributed by atoms with Gasteiger partial charge in [0.05, 0.1) is 0 Å². The monoisotopic (exact) mass is 1480 g/mol. The first-order valence-electron chi connectivity index (χ1n) is 53.3. The Kier molecular flexibility index (Phi) is 18.0. The van der Waals surface area contributed by atoms with Gasteiger partial charge in [-0.1, -0.05) is 113 Å². The molecule has 0 amide bonds. The summed E-state index contributed by atoms with van der Waals surface area (Å²) >= 11 is 0. The summed E-state index contributed by atoms with van der Waals surface area (Å²) < 4.78 is 0. The van der Waals surface area contributed by atoms with Crippen LogP contribution in [-0.4, -0.2) is 0 Å². The van der Waals surface area contributed by atoms with Crippen LogP contribution in [-0.2, 0) is 0 Å².